The minimum absolute atomic E-state index is 0.248. The molecule has 0 bridgehead atoms. The largest absolute Gasteiger partial charge is 0.394 e. The van der Waals surface area contributed by atoms with Gasteiger partial charge in [0.25, 0.3) is 0 Å². The van der Waals surface area contributed by atoms with Crippen LogP contribution in [0.2, 0.25) is 0 Å². The molecule has 0 saturated carbocycles. The number of nitriles is 1. The lowest BCUT2D eigenvalue weighted by molar-refractivity contribution is 0.105. The van der Waals surface area contributed by atoms with Gasteiger partial charge in [0.1, 0.15) is 6.07 Å². The van der Waals surface area contributed by atoms with Crippen molar-refractivity contribution in [3.63, 3.8) is 0 Å². The van der Waals surface area contributed by atoms with Crippen molar-refractivity contribution < 1.29 is 14.9 Å². The highest BCUT2D eigenvalue weighted by molar-refractivity contribution is 5.65. The third kappa shape index (κ3) is 3.61. The van der Waals surface area contributed by atoms with Gasteiger partial charge in [0.15, 0.2) is 0 Å². The number of benzene rings is 1. The maximum Gasteiger partial charge on any atom is 0.101 e. The Labute approximate surface area is 118 Å². The second kappa shape index (κ2) is 7.10. The van der Waals surface area contributed by atoms with Gasteiger partial charge in [0, 0.05) is 25.3 Å². The van der Waals surface area contributed by atoms with E-state index < -0.39 is 6.10 Å². The molecule has 1 atom stereocenters. The van der Waals surface area contributed by atoms with Gasteiger partial charge in [-0.25, -0.2) is 0 Å². The van der Waals surface area contributed by atoms with Gasteiger partial charge in [-0.15, -0.1) is 0 Å². The first kappa shape index (κ1) is 14.6. The van der Waals surface area contributed by atoms with Crippen LogP contribution in [-0.4, -0.2) is 55.8 Å². The van der Waals surface area contributed by atoms with E-state index >= 15 is 0 Å². The highest BCUT2D eigenvalue weighted by Crippen LogP contribution is 2.24. The van der Waals surface area contributed by atoms with E-state index in [-0.39, 0.29) is 13.2 Å². The van der Waals surface area contributed by atoms with Crippen LogP contribution < -0.4 is 10.2 Å². The van der Waals surface area contributed by atoms with Crippen molar-refractivity contribution >= 4 is 11.4 Å². The molecule has 2 rings (SSSR count). The van der Waals surface area contributed by atoms with Gasteiger partial charge in [-0.2, -0.15) is 5.26 Å². The number of nitrogens with zero attached hydrogens (tertiary/aromatic N) is 2. The zero-order valence-corrected chi connectivity index (χ0v) is 11.2. The minimum atomic E-state index is -0.806. The molecule has 1 aliphatic heterocycles. The summed E-state index contributed by atoms with van der Waals surface area (Å²) in [5, 5.41) is 30.3. The van der Waals surface area contributed by atoms with Crippen LogP contribution in [0, 0.1) is 11.3 Å². The molecule has 1 saturated heterocycles. The Hall–Kier alpha value is -1.81. The van der Waals surface area contributed by atoms with E-state index in [0.29, 0.717) is 18.8 Å². The van der Waals surface area contributed by atoms with Crippen LogP contribution >= 0.6 is 0 Å². The number of aliphatic hydroxyl groups is 2. The maximum atomic E-state index is 9.30. The molecule has 108 valence electrons. The zero-order valence-electron chi connectivity index (χ0n) is 11.2. The lowest BCUT2D eigenvalue weighted by atomic mass is 10.1. The van der Waals surface area contributed by atoms with Gasteiger partial charge in [0.2, 0.25) is 0 Å². The van der Waals surface area contributed by atoms with Crippen molar-refractivity contribution in [1.29, 1.82) is 5.26 Å². The van der Waals surface area contributed by atoms with E-state index in [1.54, 1.807) is 6.07 Å². The molecule has 1 aromatic carbocycles. The van der Waals surface area contributed by atoms with Gasteiger partial charge in [-0.05, 0) is 18.2 Å². The molecule has 6 nitrogen and oxygen atoms in total. The zero-order chi connectivity index (χ0) is 14.4. The summed E-state index contributed by atoms with van der Waals surface area (Å²) in [7, 11) is 0. The number of morpholine rings is 1. The van der Waals surface area contributed by atoms with Crippen molar-refractivity contribution in [3.05, 3.63) is 23.8 Å². The predicted molar refractivity (Wildman–Crippen MR) is 75.8 cm³/mol. The Morgan fingerprint density at radius 2 is 2.15 bits per heavy atom. The third-order valence-electron chi connectivity index (χ3n) is 3.22. The smallest absolute Gasteiger partial charge is 0.101 e. The average molecular weight is 277 g/mol. The number of hydrogen-bond donors (Lipinski definition) is 3. The summed E-state index contributed by atoms with van der Waals surface area (Å²) < 4.78 is 5.31. The fourth-order valence-electron chi connectivity index (χ4n) is 2.12. The summed E-state index contributed by atoms with van der Waals surface area (Å²) in [6.45, 7) is 2.87. The second-order valence-electron chi connectivity index (χ2n) is 4.66. The lowest BCUT2D eigenvalue weighted by Gasteiger charge is -2.29. The van der Waals surface area contributed by atoms with E-state index in [4.69, 9.17) is 9.84 Å². The molecule has 0 radical (unpaired) electrons. The summed E-state index contributed by atoms with van der Waals surface area (Å²) in [6.07, 6.45) is -0.806. The first-order valence-electron chi connectivity index (χ1n) is 6.64. The molecule has 1 fully saturated rings. The molecule has 1 aliphatic rings. The quantitative estimate of drug-likeness (QED) is 0.710. The number of rotatable bonds is 5. The first-order chi connectivity index (χ1) is 9.74. The minimum Gasteiger partial charge on any atom is -0.394 e. The molecule has 0 spiro atoms. The van der Waals surface area contributed by atoms with E-state index in [0.717, 1.165) is 24.5 Å². The molecule has 1 aromatic rings. The first-order valence-corrected chi connectivity index (χ1v) is 6.64. The molecule has 3 N–H and O–H groups in total. The van der Waals surface area contributed by atoms with Gasteiger partial charge in [0.05, 0.1) is 37.2 Å². The third-order valence-corrected chi connectivity index (χ3v) is 3.22. The van der Waals surface area contributed by atoms with Crippen LogP contribution in [0.3, 0.4) is 0 Å². The van der Waals surface area contributed by atoms with Gasteiger partial charge in [-0.3, -0.25) is 0 Å². The fraction of sp³-hybridized carbons (Fsp3) is 0.500. The Morgan fingerprint density at radius 3 is 2.80 bits per heavy atom. The van der Waals surface area contributed by atoms with E-state index in [2.05, 4.69) is 16.3 Å². The second-order valence-corrected chi connectivity index (χ2v) is 4.66. The van der Waals surface area contributed by atoms with Crippen molar-refractivity contribution in [2.75, 3.05) is 49.7 Å². The Morgan fingerprint density at radius 1 is 1.40 bits per heavy atom. The highest BCUT2D eigenvalue weighted by Gasteiger charge is 2.15. The molecule has 1 heterocycles. The van der Waals surface area contributed by atoms with Crippen LogP contribution in [0.1, 0.15) is 5.56 Å². The van der Waals surface area contributed by atoms with Crippen molar-refractivity contribution in [1.82, 2.24) is 0 Å². The van der Waals surface area contributed by atoms with E-state index in [1.165, 1.54) is 0 Å². The topological polar surface area (TPSA) is 88.8 Å². The number of hydrogen-bond acceptors (Lipinski definition) is 6. The number of aliphatic hydroxyl groups excluding tert-OH is 2. The number of anilines is 2. The number of nitrogens with one attached hydrogen (secondary N) is 1. The van der Waals surface area contributed by atoms with Crippen LogP contribution in [0.15, 0.2) is 18.2 Å². The van der Waals surface area contributed by atoms with Crippen molar-refractivity contribution in [2.24, 2.45) is 0 Å². The molecular weight excluding hydrogens is 258 g/mol. The molecule has 0 aromatic heterocycles. The summed E-state index contributed by atoms with van der Waals surface area (Å²) in [5.74, 6) is 0. The van der Waals surface area contributed by atoms with Gasteiger partial charge >= 0.3 is 0 Å². The normalized spacial score (nSPS) is 16.6. The SMILES string of the molecule is N#Cc1cc(NCC(O)CO)ccc1N1CCOCC1. The molecule has 0 amide bonds. The van der Waals surface area contributed by atoms with Crippen LogP contribution in [-0.2, 0) is 4.74 Å². The fourth-order valence-corrected chi connectivity index (χ4v) is 2.12. The van der Waals surface area contributed by atoms with Crippen LogP contribution in [0.25, 0.3) is 0 Å². The summed E-state index contributed by atoms with van der Waals surface area (Å²) in [6, 6.07) is 7.73. The summed E-state index contributed by atoms with van der Waals surface area (Å²) in [4.78, 5) is 2.13. The standard InChI is InChI=1S/C14H19N3O3/c15-8-11-7-12(16-9-13(19)10-18)1-2-14(11)17-3-5-20-6-4-17/h1-2,7,13,16,18-19H,3-6,9-10H2. The molecule has 20 heavy (non-hydrogen) atoms. The van der Waals surface area contributed by atoms with Gasteiger partial charge in [-0.1, -0.05) is 0 Å². The highest BCUT2D eigenvalue weighted by atomic mass is 16.5. The monoisotopic (exact) mass is 277 g/mol. The molecular formula is C14H19N3O3. The van der Waals surface area contributed by atoms with Crippen molar-refractivity contribution in [3.8, 4) is 6.07 Å². The van der Waals surface area contributed by atoms with Crippen molar-refractivity contribution in [2.45, 2.75) is 6.10 Å². The van der Waals surface area contributed by atoms with E-state index in [1.807, 2.05) is 12.1 Å². The molecule has 1 unspecified atom stereocenters. The maximum absolute atomic E-state index is 9.30. The lowest BCUT2D eigenvalue weighted by Crippen LogP contribution is -2.36. The Kier molecular flexibility index (Phi) is 5.18. The predicted octanol–water partition coefficient (Wildman–Crippen LogP) is 0.160. The Balaban J connectivity index is 2.09. The Bertz CT molecular complexity index is 481. The average Bonchev–Trinajstić information content (AvgIpc) is 2.53. The molecule has 0 aliphatic carbocycles. The van der Waals surface area contributed by atoms with Crippen LogP contribution in [0.5, 0.6) is 0 Å². The number of ether oxygens (including phenoxy) is 1. The summed E-state index contributed by atoms with van der Waals surface area (Å²) >= 11 is 0. The van der Waals surface area contributed by atoms with Gasteiger partial charge < -0.3 is 25.2 Å². The summed E-state index contributed by atoms with van der Waals surface area (Å²) in [5.41, 5.74) is 2.26. The van der Waals surface area contributed by atoms with Crippen LogP contribution in [0.4, 0.5) is 11.4 Å². The van der Waals surface area contributed by atoms with E-state index in [9.17, 15) is 10.4 Å². The molecule has 6 heteroatoms.